The molecule has 8 heteroatoms. The molecule has 0 spiro atoms. The van der Waals surface area contributed by atoms with Gasteiger partial charge in [0.1, 0.15) is 5.82 Å². The van der Waals surface area contributed by atoms with Crippen LogP contribution in [0.1, 0.15) is 35.7 Å². The number of hydrogen-bond donors (Lipinski definition) is 2. The van der Waals surface area contributed by atoms with Gasteiger partial charge in [-0.1, -0.05) is 17.7 Å². The molecule has 2 N–H and O–H groups in total. The molecule has 0 bridgehead atoms. The second kappa shape index (κ2) is 10.6. The van der Waals surface area contributed by atoms with Crippen LogP contribution in [0.4, 0.5) is 10.1 Å². The summed E-state index contributed by atoms with van der Waals surface area (Å²) < 4.78 is 18.6. The first kappa shape index (κ1) is 22.4. The van der Waals surface area contributed by atoms with Crippen molar-refractivity contribution in [3.05, 3.63) is 64.4 Å². The number of anilines is 1. The number of halogens is 2. The lowest BCUT2D eigenvalue weighted by molar-refractivity contribution is -0.153. The lowest BCUT2D eigenvalue weighted by Gasteiger charge is -2.14. The third-order valence-corrected chi connectivity index (χ3v) is 4.32. The highest BCUT2D eigenvalue weighted by Gasteiger charge is 2.18. The van der Waals surface area contributed by atoms with Gasteiger partial charge in [0.25, 0.3) is 11.8 Å². The van der Waals surface area contributed by atoms with Gasteiger partial charge in [-0.05, 0) is 62.2 Å². The molecular weight excluding hydrogens is 399 g/mol. The molecule has 0 fully saturated rings. The maximum atomic E-state index is 13.5. The van der Waals surface area contributed by atoms with E-state index in [1.165, 1.54) is 13.0 Å². The van der Waals surface area contributed by atoms with Gasteiger partial charge in [-0.25, -0.2) is 4.39 Å². The second-order valence-corrected chi connectivity index (χ2v) is 6.89. The van der Waals surface area contributed by atoms with Crippen LogP contribution in [0.5, 0.6) is 0 Å². The number of hydrogen-bond acceptors (Lipinski definition) is 4. The summed E-state index contributed by atoms with van der Waals surface area (Å²) >= 11 is 5.77. The molecule has 0 aliphatic carbocycles. The minimum Gasteiger partial charge on any atom is -0.453 e. The minimum atomic E-state index is -1.03. The topological polar surface area (TPSA) is 84.5 Å². The fourth-order valence-corrected chi connectivity index (χ4v) is 2.49. The maximum absolute atomic E-state index is 13.5. The van der Waals surface area contributed by atoms with Crippen LogP contribution in [-0.2, 0) is 14.3 Å². The van der Waals surface area contributed by atoms with E-state index in [4.69, 9.17) is 16.3 Å². The fourth-order valence-electron chi connectivity index (χ4n) is 2.36. The molecule has 0 aliphatic heterocycles. The average Bonchev–Trinajstić information content (AvgIpc) is 2.68. The Kier molecular flexibility index (Phi) is 8.15. The zero-order valence-corrected chi connectivity index (χ0v) is 16.9. The Balaban J connectivity index is 1.69. The quantitative estimate of drug-likeness (QED) is 0.501. The van der Waals surface area contributed by atoms with Gasteiger partial charge in [-0.3, -0.25) is 14.4 Å². The first-order chi connectivity index (χ1) is 13.8. The molecule has 1 atom stereocenters. The van der Waals surface area contributed by atoms with Crippen molar-refractivity contribution in [3.63, 3.8) is 0 Å². The SMILES string of the molecule is Cc1ccc(NC(=O)C(C)OC(=O)CCCNC(=O)c2ccc(Cl)cc2)cc1F. The Morgan fingerprint density at radius 2 is 1.83 bits per heavy atom. The van der Waals surface area contributed by atoms with E-state index < -0.39 is 23.8 Å². The number of carbonyl (C=O) groups is 3. The van der Waals surface area contributed by atoms with Gasteiger partial charge in [0.2, 0.25) is 0 Å². The first-order valence-corrected chi connectivity index (χ1v) is 9.44. The highest BCUT2D eigenvalue weighted by atomic mass is 35.5. The van der Waals surface area contributed by atoms with Gasteiger partial charge in [-0.2, -0.15) is 0 Å². The number of esters is 1. The lowest BCUT2D eigenvalue weighted by Crippen LogP contribution is -2.30. The van der Waals surface area contributed by atoms with E-state index in [1.807, 2.05) is 0 Å². The van der Waals surface area contributed by atoms with Crippen LogP contribution in [0.3, 0.4) is 0 Å². The maximum Gasteiger partial charge on any atom is 0.306 e. The van der Waals surface area contributed by atoms with Crippen molar-refractivity contribution >= 4 is 35.1 Å². The normalized spacial score (nSPS) is 11.4. The molecular formula is C21H22ClFN2O4. The number of aryl methyl sites for hydroxylation is 1. The predicted octanol–water partition coefficient (Wildman–Crippen LogP) is 3.87. The minimum absolute atomic E-state index is 0.0394. The summed E-state index contributed by atoms with van der Waals surface area (Å²) in [6, 6.07) is 10.7. The van der Waals surface area contributed by atoms with Crippen LogP contribution in [-0.4, -0.2) is 30.4 Å². The Hall–Kier alpha value is -2.93. The van der Waals surface area contributed by atoms with Gasteiger partial charge < -0.3 is 15.4 Å². The van der Waals surface area contributed by atoms with Crippen molar-refractivity contribution in [2.24, 2.45) is 0 Å². The smallest absolute Gasteiger partial charge is 0.306 e. The molecule has 154 valence electrons. The zero-order chi connectivity index (χ0) is 21.4. The Morgan fingerprint density at radius 3 is 2.48 bits per heavy atom. The molecule has 6 nitrogen and oxygen atoms in total. The van der Waals surface area contributed by atoms with E-state index in [2.05, 4.69) is 10.6 Å². The van der Waals surface area contributed by atoms with E-state index in [0.29, 0.717) is 22.6 Å². The van der Waals surface area contributed by atoms with Gasteiger partial charge in [0, 0.05) is 29.2 Å². The van der Waals surface area contributed by atoms with E-state index in [1.54, 1.807) is 43.3 Å². The summed E-state index contributed by atoms with van der Waals surface area (Å²) in [5.41, 5.74) is 1.21. The number of carbonyl (C=O) groups excluding carboxylic acids is 3. The molecule has 29 heavy (non-hydrogen) atoms. The van der Waals surface area contributed by atoms with E-state index in [9.17, 15) is 18.8 Å². The highest BCUT2D eigenvalue weighted by Crippen LogP contribution is 2.14. The van der Waals surface area contributed by atoms with Crippen LogP contribution >= 0.6 is 11.6 Å². The van der Waals surface area contributed by atoms with Crippen molar-refractivity contribution in [3.8, 4) is 0 Å². The molecule has 2 amide bonds. The largest absolute Gasteiger partial charge is 0.453 e. The standard InChI is InChI=1S/C21H22ClFN2O4/c1-13-5-10-17(12-18(13)23)25-20(27)14(2)29-19(26)4-3-11-24-21(28)15-6-8-16(22)9-7-15/h5-10,12,14H,3-4,11H2,1-2H3,(H,24,28)(H,25,27). The van der Waals surface area contributed by atoms with Crippen LogP contribution in [0.15, 0.2) is 42.5 Å². The average molecular weight is 421 g/mol. The van der Waals surface area contributed by atoms with E-state index >= 15 is 0 Å². The van der Waals surface area contributed by atoms with Gasteiger partial charge in [-0.15, -0.1) is 0 Å². The summed E-state index contributed by atoms with van der Waals surface area (Å²) in [5, 5.41) is 5.72. The molecule has 0 heterocycles. The number of ether oxygens (including phenoxy) is 1. The van der Waals surface area contributed by atoms with Crippen molar-refractivity contribution in [1.82, 2.24) is 5.32 Å². The van der Waals surface area contributed by atoms with Crippen LogP contribution in [0.2, 0.25) is 5.02 Å². The summed E-state index contributed by atoms with van der Waals surface area (Å²) in [5.74, 6) is -1.83. The van der Waals surface area contributed by atoms with Gasteiger partial charge >= 0.3 is 5.97 Å². The van der Waals surface area contributed by atoms with Crippen molar-refractivity contribution < 1.29 is 23.5 Å². The summed E-state index contributed by atoms with van der Waals surface area (Å²) in [6.07, 6.45) is -0.636. The Labute approximate surface area is 173 Å². The zero-order valence-electron chi connectivity index (χ0n) is 16.1. The lowest BCUT2D eigenvalue weighted by atomic mass is 10.2. The van der Waals surface area contributed by atoms with Crippen LogP contribution in [0.25, 0.3) is 0 Å². The van der Waals surface area contributed by atoms with E-state index in [-0.39, 0.29) is 24.6 Å². The molecule has 0 saturated heterocycles. The first-order valence-electron chi connectivity index (χ1n) is 9.06. The third kappa shape index (κ3) is 7.19. The number of benzene rings is 2. The molecule has 0 saturated carbocycles. The fraction of sp³-hybridized carbons (Fsp3) is 0.286. The third-order valence-electron chi connectivity index (χ3n) is 4.07. The summed E-state index contributed by atoms with van der Waals surface area (Å²) in [6.45, 7) is 3.32. The second-order valence-electron chi connectivity index (χ2n) is 6.45. The van der Waals surface area contributed by atoms with Crippen molar-refractivity contribution in [2.45, 2.75) is 32.8 Å². The molecule has 1 unspecified atom stereocenters. The van der Waals surface area contributed by atoms with Crippen LogP contribution < -0.4 is 10.6 Å². The van der Waals surface area contributed by atoms with E-state index in [0.717, 1.165) is 0 Å². The highest BCUT2D eigenvalue weighted by molar-refractivity contribution is 6.30. The molecule has 0 aromatic heterocycles. The Bertz CT molecular complexity index is 887. The van der Waals surface area contributed by atoms with Crippen molar-refractivity contribution in [1.29, 1.82) is 0 Å². The number of nitrogens with one attached hydrogen (secondary N) is 2. The Morgan fingerprint density at radius 1 is 1.14 bits per heavy atom. The molecule has 2 aromatic rings. The molecule has 0 radical (unpaired) electrons. The number of rotatable bonds is 8. The monoisotopic (exact) mass is 420 g/mol. The van der Waals surface area contributed by atoms with Gasteiger partial charge in [0.05, 0.1) is 0 Å². The molecule has 2 aromatic carbocycles. The molecule has 0 aliphatic rings. The van der Waals surface area contributed by atoms with Gasteiger partial charge in [0.15, 0.2) is 6.10 Å². The van der Waals surface area contributed by atoms with Crippen molar-refractivity contribution in [2.75, 3.05) is 11.9 Å². The van der Waals surface area contributed by atoms with Crippen LogP contribution in [0, 0.1) is 12.7 Å². The summed E-state index contributed by atoms with van der Waals surface area (Å²) in [4.78, 5) is 35.9. The molecule has 2 rings (SSSR count). The predicted molar refractivity (Wildman–Crippen MR) is 108 cm³/mol. The number of amides is 2. The summed E-state index contributed by atoms with van der Waals surface area (Å²) in [7, 11) is 0.